The summed E-state index contributed by atoms with van der Waals surface area (Å²) in [5, 5.41) is 11.6. The van der Waals surface area contributed by atoms with Crippen molar-refractivity contribution in [2.75, 3.05) is 6.54 Å². The summed E-state index contributed by atoms with van der Waals surface area (Å²) in [6, 6.07) is 15.7. The van der Waals surface area contributed by atoms with Crippen molar-refractivity contribution in [2.45, 2.75) is 50.7 Å². The number of rotatable bonds is 2. The number of aromatic nitrogens is 1. The highest BCUT2D eigenvalue weighted by atomic mass is 16.3. The van der Waals surface area contributed by atoms with Crippen LogP contribution in [-0.2, 0) is 5.60 Å². The number of hydrogen-bond acceptors (Lipinski definition) is 3. The van der Waals surface area contributed by atoms with Crippen LogP contribution in [0.15, 0.2) is 48.5 Å². The van der Waals surface area contributed by atoms with Crippen LogP contribution in [0, 0.1) is 12.8 Å². The summed E-state index contributed by atoms with van der Waals surface area (Å²) < 4.78 is 0. The zero-order valence-electron chi connectivity index (χ0n) is 15.3. The molecule has 3 atom stereocenters. The Morgan fingerprint density at radius 2 is 1.88 bits per heavy atom. The number of carbonyl (C=O) groups excluding carboxylic acids is 1. The summed E-state index contributed by atoms with van der Waals surface area (Å²) >= 11 is 0. The molecule has 4 nitrogen and oxygen atoms in total. The number of carbonyl (C=O) groups is 1. The van der Waals surface area contributed by atoms with Crippen LogP contribution in [-0.4, -0.2) is 33.5 Å². The van der Waals surface area contributed by atoms with Gasteiger partial charge in [-0.2, -0.15) is 0 Å². The van der Waals surface area contributed by atoms with Gasteiger partial charge in [0.1, 0.15) is 5.69 Å². The highest BCUT2D eigenvalue weighted by Crippen LogP contribution is 2.47. The summed E-state index contributed by atoms with van der Waals surface area (Å²) in [5.41, 5.74) is 1.51. The molecule has 136 valence electrons. The molecule has 1 amide bonds. The molecule has 1 aliphatic heterocycles. The van der Waals surface area contributed by atoms with Gasteiger partial charge < -0.3 is 10.0 Å². The van der Waals surface area contributed by atoms with Crippen LogP contribution < -0.4 is 0 Å². The Hall–Kier alpha value is -2.20. The number of amides is 1. The summed E-state index contributed by atoms with van der Waals surface area (Å²) in [6.07, 6.45) is 4.71. The number of likely N-dealkylation sites (tertiary alicyclic amines) is 1. The highest BCUT2D eigenvalue weighted by Gasteiger charge is 2.50. The maximum Gasteiger partial charge on any atom is 0.272 e. The molecule has 1 saturated carbocycles. The Morgan fingerprint density at radius 3 is 2.65 bits per heavy atom. The Bertz CT molecular complexity index is 792. The molecule has 1 aliphatic carbocycles. The van der Waals surface area contributed by atoms with Gasteiger partial charge in [0, 0.05) is 24.2 Å². The Kier molecular flexibility index (Phi) is 4.53. The zero-order chi connectivity index (χ0) is 18.1. The molecule has 2 heterocycles. The van der Waals surface area contributed by atoms with Crippen LogP contribution >= 0.6 is 0 Å². The van der Waals surface area contributed by atoms with Crippen LogP contribution in [0.3, 0.4) is 0 Å². The van der Waals surface area contributed by atoms with Crippen molar-refractivity contribution in [1.29, 1.82) is 0 Å². The molecule has 4 heteroatoms. The lowest BCUT2D eigenvalue weighted by atomic mass is 9.66. The van der Waals surface area contributed by atoms with Crippen molar-refractivity contribution < 1.29 is 9.90 Å². The molecular formula is C22H26N2O2. The van der Waals surface area contributed by atoms with E-state index in [1.165, 1.54) is 0 Å². The minimum absolute atomic E-state index is 0.000659. The van der Waals surface area contributed by atoms with Crippen LogP contribution in [0.4, 0.5) is 0 Å². The van der Waals surface area contributed by atoms with Gasteiger partial charge in [-0.1, -0.05) is 49.2 Å². The van der Waals surface area contributed by atoms with Gasteiger partial charge in [-0.15, -0.1) is 0 Å². The van der Waals surface area contributed by atoms with E-state index in [1.54, 1.807) is 6.07 Å². The molecule has 1 saturated heterocycles. The zero-order valence-corrected chi connectivity index (χ0v) is 15.3. The lowest BCUT2D eigenvalue weighted by molar-refractivity contribution is -0.110. The van der Waals surface area contributed by atoms with Crippen LogP contribution in [0.25, 0.3) is 0 Å². The van der Waals surface area contributed by atoms with Crippen molar-refractivity contribution in [3.05, 3.63) is 65.5 Å². The Labute approximate surface area is 154 Å². The molecule has 2 aliphatic rings. The number of aliphatic hydroxyl groups is 1. The molecule has 1 aromatic carbocycles. The average molecular weight is 350 g/mol. The van der Waals surface area contributed by atoms with Gasteiger partial charge in [0.15, 0.2) is 0 Å². The van der Waals surface area contributed by atoms with E-state index in [0.717, 1.165) is 36.9 Å². The van der Waals surface area contributed by atoms with E-state index in [9.17, 15) is 9.90 Å². The summed E-state index contributed by atoms with van der Waals surface area (Å²) in [7, 11) is 0. The van der Waals surface area contributed by atoms with Crippen LogP contribution in [0.1, 0.15) is 53.8 Å². The van der Waals surface area contributed by atoms with Crippen molar-refractivity contribution in [3.63, 3.8) is 0 Å². The minimum atomic E-state index is -0.844. The summed E-state index contributed by atoms with van der Waals surface area (Å²) in [5.74, 6) is 0.0851. The molecule has 1 aromatic heterocycles. The van der Waals surface area contributed by atoms with E-state index < -0.39 is 5.60 Å². The van der Waals surface area contributed by atoms with Crippen LogP contribution in [0.2, 0.25) is 0 Å². The Balaban J connectivity index is 1.66. The predicted molar refractivity (Wildman–Crippen MR) is 101 cm³/mol. The van der Waals surface area contributed by atoms with E-state index in [4.69, 9.17) is 0 Å². The molecule has 2 fully saturated rings. The van der Waals surface area contributed by atoms with Gasteiger partial charge in [-0.05, 0) is 43.9 Å². The third-order valence-electron chi connectivity index (χ3n) is 6.12. The van der Waals surface area contributed by atoms with Gasteiger partial charge >= 0.3 is 0 Å². The first kappa shape index (κ1) is 17.2. The smallest absolute Gasteiger partial charge is 0.272 e. The Morgan fingerprint density at radius 1 is 1.12 bits per heavy atom. The maximum absolute atomic E-state index is 13.1. The quantitative estimate of drug-likeness (QED) is 0.899. The molecule has 0 bridgehead atoms. The topological polar surface area (TPSA) is 53.4 Å². The standard InChI is InChI=1S/C22H26N2O2/c1-16-8-7-12-19(23-16)21(25)24-15-14-22(26,17-9-3-2-4-10-17)18-11-5-6-13-20(18)24/h2-4,7-10,12,18,20,26H,5-6,11,13-15H2,1H3/t18-,20?,22-/m1/s1. The number of hydrogen-bond donors (Lipinski definition) is 1. The number of fused-ring (bicyclic) bond motifs is 1. The summed E-state index contributed by atoms with van der Waals surface area (Å²) in [4.78, 5) is 19.5. The number of nitrogens with zero attached hydrogens (tertiary/aromatic N) is 2. The maximum atomic E-state index is 13.1. The van der Waals surface area contributed by atoms with E-state index in [2.05, 4.69) is 4.98 Å². The van der Waals surface area contributed by atoms with Crippen molar-refractivity contribution in [3.8, 4) is 0 Å². The fourth-order valence-corrected chi connectivity index (χ4v) is 4.83. The molecule has 4 rings (SSSR count). The third-order valence-corrected chi connectivity index (χ3v) is 6.12. The molecule has 0 spiro atoms. The predicted octanol–water partition coefficient (Wildman–Crippen LogP) is 3.68. The highest BCUT2D eigenvalue weighted by molar-refractivity contribution is 5.92. The minimum Gasteiger partial charge on any atom is -0.385 e. The largest absolute Gasteiger partial charge is 0.385 e. The monoisotopic (exact) mass is 350 g/mol. The molecule has 2 aromatic rings. The number of benzene rings is 1. The second-order valence-corrected chi connectivity index (χ2v) is 7.66. The van der Waals surface area contributed by atoms with Crippen molar-refractivity contribution in [2.24, 2.45) is 5.92 Å². The fourth-order valence-electron chi connectivity index (χ4n) is 4.83. The van der Waals surface area contributed by atoms with Gasteiger partial charge in [0.2, 0.25) is 0 Å². The molecular weight excluding hydrogens is 324 g/mol. The first-order valence-corrected chi connectivity index (χ1v) is 9.62. The molecule has 1 N–H and O–H groups in total. The molecule has 26 heavy (non-hydrogen) atoms. The fraction of sp³-hybridized carbons (Fsp3) is 0.455. The van der Waals surface area contributed by atoms with Crippen LogP contribution in [0.5, 0.6) is 0 Å². The second kappa shape index (κ2) is 6.84. The second-order valence-electron chi connectivity index (χ2n) is 7.66. The average Bonchev–Trinajstić information content (AvgIpc) is 2.69. The molecule has 0 radical (unpaired) electrons. The SMILES string of the molecule is Cc1cccc(C(=O)N2CC[C@@](O)(c3ccccc3)[C@@H]3CCCCC32)n1. The normalized spacial score (nSPS) is 28.5. The number of piperidine rings is 1. The van der Waals surface area contributed by atoms with Gasteiger partial charge in [-0.25, -0.2) is 4.98 Å². The number of pyridine rings is 1. The van der Waals surface area contributed by atoms with E-state index >= 15 is 0 Å². The van der Waals surface area contributed by atoms with Gasteiger partial charge in [-0.3, -0.25) is 4.79 Å². The lowest BCUT2D eigenvalue weighted by Crippen LogP contribution is -2.59. The molecule has 1 unspecified atom stereocenters. The van der Waals surface area contributed by atoms with Crippen molar-refractivity contribution in [1.82, 2.24) is 9.88 Å². The first-order chi connectivity index (χ1) is 12.6. The lowest BCUT2D eigenvalue weighted by Gasteiger charge is -2.52. The number of aryl methyl sites for hydroxylation is 1. The van der Waals surface area contributed by atoms with E-state index in [-0.39, 0.29) is 17.9 Å². The third kappa shape index (κ3) is 2.92. The van der Waals surface area contributed by atoms with E-state index in [0.29, 0.717) is 18.7 Å². The summed E-state index contributed by atoms with van der Waals surface area (Å²) in [6.45, 7) is 2.48. The van der Waals surface area contributed by atoms with Gasteiger partial charge in [0.05, 0.1) is 5.60 Å². The van der Waals surface area contributed by atoms with Gasteiger partial charge in [0.25, 0.3) is 5.91 Å². The first-order valence-electron chi connectivity index (χ1n) is 9.62. The van der Waals surface area contributed by atoms with Crippen molar-refractivity contribution >= 4 is 5.91 Å². The van der Waals surface area contributed by atoms with E-state index in [1.807, 2.05) is 54.3 Å².